The number of benzene rings is 2. The van der Waals surface area contributed by atoms with Crippen molar-refractivity contribution in [2.75, 3.05) is 52.5 Å². The van der Waals surface area contributed by atoms with Gasteiger partial charge in [0.05, 0.1) is 24.3 Å². The topological polar surface area (TPSA) is 51.8 Å². The van der Waals surface area contributed by atoms with Crippen molar-refractivity contribution in [2.24, 2.45) is 0 Å². The Morgan fingerprint density at radius 1 is 0.977 bits per heavy atom. The molecule has 1 atom stereocenters. The number of carbonyl (C=O) groups is 1. The fraction of sp³-hybridized carbons (Fsp3) is 0.516. The summed E-state index contributed by atoms with van der Waals surface area (Å²) in [6.45, 7) is 9.19. The lowest BCUT2D eigenvalue weighted by Crippen LogP contribution is -2.57. The Kier molecular flexibility index (Phi) is 8.84. The molecule has 43 heavy (non-hydrogen) atoms. The third-order valence-electron chi connectivity index (χ3n) is 8.51. The number of piperazine rings is 1. The second-order valence-corrected chi connectivity index (χ2v) is 12.0. The van der Waals surface area contributed by atoms with Crippen LogP contribution in [-0.2, 0) is 23.5 Å². The van der Waals surface area contributed by atoms with E-state index in [1.807, 2.05) is 30.5 Å². The van der Waals surface area contributed by atoms with Gasteiger partial charge in [0, 0.05) is 67.0 Å². The molecule has 2 aliphatic rings. The van der Waals surface area contributed by atoms with E-state index in [-0.39, 0.29) is 18.2 Å². The van der Waals surface area contributed by atoms with Gasteiger partial charge in [-0.15, -0.1) is 0 Å². The molecule has 0 spiro atoms. The van der Waals surface area contributed by atoms with Gasteiger partial charge in [0.15, 0.2) is 0 Å². The van der Waals surface area contributed by atoms with E-state index in [0.29, 0.717) is 44.9 Å². The first-order valence-corrected chi connectivity index (χ1v) is 14.4. The highest BCUT2D eigenvalue weighted by atomic mass is 19.4. The van der Waals surface area contributed by atoms with Crippen LogP contribution in [0.3, 0.4) is 0 Å². The lowest BCUT2D eigenvalue weighted by Gasteiger charge is -2.44. The van der Waals surface area contributed by atoms with Crippen molar-refractivity contribution in [3.8, 4) is 0 Å². The first kappa shape index (κ1) is 31.3. The molecule has 3 aromatic rings. The summed E-state index contributed by atoms with van der Waals surface area (Å²) in [4.78, 5) is 23.0. The quantitative estimate of drug-likeness (QED) is 0.330. The van der Waals surface area contributed by atoms with Gasteiger partial charge < -0.3 is 14.6 Å². The fourth-order valence-corrected chi connectivity index (χ4v) is 6.15. The Morgan fingerprint density at radius 2 is 1.67 bits per heavy atom. The summed E-state index contributed by atoms with van der Waals surface area (Å²) in [7, 11) is 0. The average Bonchev–Trinajstić information content (AvgIpc) is 3.35. The van der Waals surface area contributed by atoms with Crippen molar-refractivity contribution < 1.29 is 35.9 Å². The number of aromatic nitrogens is 1. The lowest BCUT2D eigenvalue weighted by atomic mass is 9.98. The number of H-pyrrole nitrogens is 1. The van der Waals surface area contributed by atoms with Gasteiger partial charge in [0.1, 0.15) is 0 Å². The molecule has 3 heterocycles. The molecule has 0 bridgehead atoms. The predicted molar refractivity (Wildman–Crippen MR) is 151 cm³/mol. The Hall–Kier alpha value is -3.09. The number of carbonyl (C=O) groups excluding carboxylic acids is 1. The second kappa shape index (κ2) is 12.1. The zero-order valence-corrected chi connectivity index (χ0v) is 24.2. The molecule has 12 heteroatoms. The zero-order valence-electron chi connectivity index (χ0n) is 24.2. The van der Waals surface area contributed by atoms with Crippen LogP contribution in [0.4, 0.5) is 26.3 Å². The third kappa shape index (κ3) is 7.18. The van der Waals surface area contributed by atoms with Gasteiger partial charge in [-0.1, -0.05) is 18.2 Å². The van der Waals surface area contributed by atoms with E-state index < -0.39 is 41.0 Å². The number of amides is 1. The Morgan fingerprint density at radius 3 is 2.35 bits per heavy atom. The van der Waals surface area contributed by atoms with Crippen LogP contribution >= 0.6 is 0 Å². The number of para-hydroxylation sites is 1. The van der Waals surface area contributed by atoms with Crippen molar-refractivity contribution >= 4 is 16.8 Å². The second-order valence-electron chi connectivity index (χ2n) is 12.0. The maximum Gasteiger partial charge on any atom is 0.416 e. The molecule has 1 aromatic heterocycles. The van der Waals surface area contributed by atoms with E-state index >= 15 is 0 Å². The SMILES string of the molecule is CC1(C)COCCN1CCCN1CCN(C(=O)c2cc(C(F)(F)F)cc(C(F)(F)F)c2)[C@H](Cc2c[nH]c3ccccc23)C1. The van der Waals surface area contributed by atoms with Gasteiger partial charge in [0.2, 0.25) is 0 Å². The van der Waals surface area contributed by atoms with E-state index in [0.717, 1.165) is 42.5 Å². The van der Waals surface area contributed by atoms with Crippen LogP contribution < -0.4 is 0 Å². The van der Waals surface area contributed by atoms with Crippen LogP contribution in [-0.4, -0.2) is 89.7 Å². The molecular formula is C31H36F6N4O2. The monoisotopic (exact) mass is 610 g/mol. The van der Waals surface area contributed by atoms with Crippen molar-refractivity contribution in [3.63, 3.8) is 0 Å². The molecule has 2 fully saturated rings. The number of hydrogen-bond donors (Lipinski definition) is 1. The third-order valence-corrected chi connectivity index (χ3v) is 8.51. The van der Waals surface area contributed by atoms with E-state index in [4.69, 9.17) is 4.74 Å². The molecule has 2 aromatic carbocycles. The van der Waals surface area contributed by atoms with E-state index in [2.05, 4.69) is 28.6 Å². The summed E-state index contributed by atoms with van der Waals surface area (Å²) >= 11 is 0. The summed E-state index contributed by atoms with van der Waals surface area (Å²) in [6.07, 6.45) is -6.95. The standard InChI is InChI=1S/C31H36F6N4O2/c1-29(2)20-43-13-12-40(29)9-5-8-39-10-11-41(25(19-39)16-22-18-38-27-7-4-3-6-26(22)27)28(42)21-14-23(30(32,33)34)17-24(15-21)31(35,36)37/h3-4,6-7,14-15,17-18,25,38H,5,8-13,16,19-20H2,1-2H3/t25-/m1/s1. The molecule has 2 saturated heterocycles. The van der Waals surface area contributed by atoms with Gasteiger partial charge in [-0.25, -0.2) is 0 Å². The zero-order chi connectivity index (χ0) is 31.0. The van der Waals surface area contributed by atoms with Gasteiger partial charge in [-0.05, 0) is 63.1 Å². The molecule has 0 unspecified atom stereocenters. The number of aromatic amines is 1. The number of halogens is 6. The van der Waals surface area contributed by atoms with Gasteiger partial charge in [-0.2, -0.15) is 26.3 Å². The number of hydrogen-bond acceptors (Lipinski definition) is 4. The number of ether oxygens (including phenoxy) is 1. The van der Waals surface area contributed by atoms with Crippen molar-refractivity contribution in [3.05, 3.63) is 70.9 Å². The van der Waals surface area contributed by atoms with Crippen LogP contribution in [0.2, 0.25) is 0 Å². The average molecular weight is 611 g/mol. The molecule has 2 aliphatic heterocycles. The number of rotatable bonds is 7. The normalized spacial score (nSPS) is 20.6. The molecule has 0 saturated carbocycles. The van der Waals surface area contributed by atoms with Crippen LogP contribution in [0, 0.1) is 0 Å². The predicted octanol–water partition coefficient (Wildman–Crippen LogP) is 6.08. The van der Waals surface area contributed by atoms with Gasteiger partial charge in [0.25, 0.3) is 5.91 Å². The molecule has 6 nitrogen and oxygen atoms in total. The van der Waals surface area contributed by atoms with E-state index in [1.54, 1.807) is 0 Å². The first-order chi connectivity index (χ1) is 20.2. The van der Waals surface area contributed by atoms with Gasteiger partial charge >= 0.3 is 12.4 Å². The smallest absolute Gasteiger partial charge is 0.378 e. The summed E-state index contributed by atoms with van der Waals surface area (Å²) in [5.74, 6) is -0.837. The summed E-state index contributed by atoms with van der Waals surface area (Å²) in [6, 6.07) is 8.29. The summed E-state index contributed by atoms with van der Waals surface area (Å²) in [5, 5.41) is 0.958. The number of fused-ring (bicyclic) bond motifs is 1. The minimum absolute atomic E-state index is 0.0495. The van der Waals surface area contributed by atoms with Crippen LogP contribution in [0.1, 0.15) is 47.3 Å². The molecule has 0 radical (unpaired) electrons. The highest BCUT2D eigenvalue weighted by molar-refractivity contribution is 5.95. The van der Waals surface area contributed by atoms with E-state index in [1.165, 1.54) is 4.90 Å². The first-order valence-electron chi connectivity index (χ1n) is 14.4. The van der Waals surface area contributed by atoms with Crippen LogP contribution in [0.15, 0.2) is 48.7 Å². The van der Waals surface area contributed by atoms with Crippen LogP contribution in [0.25, 0.3) is 10.9 Å². The molecular weight excluding hydrogens is 574 g/mol. The Balaban J connectivity index is 1.38. The number of morpholine rings is 1. The Labute approximate surface area is 246 Å². The molecule has 0 aliphatic carbocycles. The minimum Gasteiger partial charge on any atom is -0.378 e. The largest absolute Gasteiger partial charge is 0.416 e. The molecule has 234 valence electrons. The Bertz CT molecular complexity index is 1400. The van der Waals surface area contributed by atoms with Crippen molar-refractivity contribution in [2.45, 2.75) is 50.6 Å². The van der Waals surface area contributed by atoms with Gasteiger partial charge in [-0.3, -0.25) is 14.6 Å². The summed E-state index contributed by atoms with van der Waals surface area (Å²) in [5.41, 5.74) is -1.85. The molecule has 5 rings (SSSR count). The maximum absolute atomic E-state index is 13.7. The highest BCUT2D eigenvalue weighted by Crippen LogP contribution is 2.37. The lowest BCUT2D eigenvalue weighted by molar-refractivity contribution is -0.143. The highest BCUT2D eigenvalue weighted by Gasteiger charge is 2.39. The number of nitrogens with one attached hydrogen (secondary N) is 1. The number of alkyl halides is 6. The van der Waals surface area contributed by atoms with Crippen LogP contribution in [0.5, 0.6) is 0 Å². The minimum atomic E-state index is -5.03. The fourth-order valence-electron chi connectivity index (χ4n) is 6.15. The van der Waals surface area contributed by atoms with E-state index in [9.17, 15) is 31.1 Å². The van der Waals surface area contributed by atoms with Crippen molar-refractivity contribution in [1.29, 1.82) is 0 Å². The van der Waals surface area contributed by atoms with Crippen molar-refractivity contribution in [1.82, 2.24) is 19.7 Å². The maximum atomic E-state index is 13.7. The molecule has 1 N–H and O–H groups in total. The summed E-state index contributed by atoms with van der Waals surface area (Å²) < 4.78 is 87.0. The molecule has 1 amide bonds. The number of nitrogens with zero attached hydrogens (tertiary/aromatic N) is 3.